The summed E-state index contributed by atoms with van der Waals surface area (Å²) in [5, 5.41) is 13.2. The van der Waals surface area contributed by atoms with E-state index in [0.717, 1.165) is 19.3 Å². The summed E-state index contributed by atoms with van der Waals surface area (Å²) < 4.78 is 0. The van der Waals surface area contributed by atoms with E-state index in [-0.39, 0.29) is 41.2 Å². The quantitative estimate of drug-likeness (QED) is 0.494. The van der Waals surface area contributed by atoms with Crippen molar-refractivity contribution in [1.29, 1.82) is 0 Å². The van der Waals surface area contributed by atoms with Crippen LogP contribution in [0.1, 0.15) is 31.2 Å². The zero-order chi connectivity index (χ0) is 18.6. The Hall–Kier alpha value is -1.76. The van der Waals surface area contributed by atoms with E-state index in [0.29, 0.717) is 18.3 Å². The largest absolute Gasteiger partial charge is 0.396 e. The van der Waals surface area contributed by atoms with E-state index in [1.54, 1.807) is 0 Å². The van der Waals surface area contributed by atoms with Gasteiger partial charge in [-0.15, -0.1) is 12.4 Å². The van der Waals surface area contributed by atoms with Gasteiger partial charge in [0.15, 0.2) is 11.0 Å². The van der Waals surface area contributed by atoms with Crippen molar-refractivity contribution in [2.45, 2.75) is 32.1 Å². The van der Waals surface area contributed by atoms with E-state index >= 15 is 0 Å². The number of nitrogens with one attached hydrogen (secondary N) is 1. The third kappa shape index (κ3) is 5.37. The molecular weight excluding hydrogens is 385 g/mol. The van der Waals surface area contributed by atoms with Crippen LogP contribution < -0.4 is 16.8 Å². The highest BCUT2D eigenvalue weighted by Crippen LogP contribution is 2.47. The summed E-state index contributed by atoms with van der Waals surface area (Å²) in [6.45, 7) is 0.735. The Morgan fingerprint density at radius 3 is 2.56 bits per heavy atom. The predicted octanol–water partition coefficient (Wildman–Crippen LogP) is 3.54. The Morgan fingerprint density at radius 2 is 1.89 bits per heavy atom. The summed E-state index contributed by atoms with van der Waals surface area (Å²) in [4.78, 5) is 7.92. The zero-order valence-electron chi connectivity index (χ0n) is 15.2. The van der Waals surface area contributed by atoms with Crippen LogP contribution in [0.3, 0.4) is 0 Å². The van der Waals surface area contributed by atoms with Gasteiger partial charge in [0.1, 0.15) is 5.69 Å². The third-order valence-electron chi connectivity index (χ3n) is 5.25. The van der Waals surface area contributed by atoms with Gasteiger partial charge in [0.2, 0.25) is 5.95 Å². The fraction of sp³-hybridized carbons (Fsp3) is 0.474. The first-order valence-corrected chi connectivity index (χ1v) is 9.36. The smallest absolute Gasteiger partial charge is 0.223 e. The van der Waals surface area contributed by atoms with Gasteiger partial charge in [-0.3, -0.25) is 0 Å². The highest BCUT2D eigenvalue weighted by molar-refractivity contribution is 6.32. The number of nitrogens with zero attached hydrogens (tertiary/aromatic N) is 2. The van der Waals surface area contributed by atoms with Crippen LogP contribution in [0.5, 0.6) is 0 Å². The van der Waals surface area contributed by atoms with Gasteiger partial charge in [0.25, 0.3) is 0 Å². The molecular formula is C19H27Cl2N5O. The molecule has 0 bridgehead atoms. The molecule has 0 unspecified atom stereocenters. The third-order valence-corrected chi connectivity index (χ3v) is 5.53. The number of hydrogen-bond acceptors (Lipinski definition) is 6. The van der Waals surface area contributed by atoms with Gasteiger partial charge in [0, 0.05) is 12.0 Å². The van der Waals surface area contributed by atoms with E-state index in [2.05, 4.69) is 39.6 Å². The van der Waals surface area contributed by atoms with Gasteiger partial charge in [-0.25, -0.2) is 0 Å². The molecule has 1 fully saturated rings. The molecule has 6 nitrogen and oxygen atoms in total. The molecule has 0 atom stereocenters. The van der Waals surface area contributed by atoms with Crippen LogP contribution >= 0.6 is 24.0 Å². The maximum Gasteiger partial charge on any atom is 0.223 e. The monoisotopic (exact) mass is 411 g/mol. The van der Waals surface area contributed by atoms with Crippen molar-refractivity contribution in [2.75, 3.05) is 29.9 Å². The lowest BCUT2D eigenvalue weighted by molar-refractivity contribution is 0.00216. The van der Waals surface area contributed by atoms with Crippen molar-refractivity contribution in [3.8, 4) is 0 Å². The SMILES string of the molecule is Cl.Nc1nc(Cl)c(N)c(NCC2(CO)CC(CCCc3ccccc3)C2)n1. The van der Waals surface area contributed by atoms with Gasteiger partial charge in [-0.1, -0.05) is 48.4 Å². The van der Waals surface area contributed by atoms with Gasteiger partial charge in [0.05, 0.1) is 6.61 Å². The molecule has 1 aromatic carbocycles. The number of anilines is 3. The zero-order valence-corrected chi connectivity index (χ0v) is 16.8. The number of nitrogen functional groups attached to an aromatic ring is 2. The van der Waals surface area contributed by atoms with E-state index in [9.17, 15) is 5.11 Å². The first-order valence-electron chi connectivity index (χ1n) is 8.98. The average Bonchev–Trinajstić information content (AvgIpc) is 2.61. The molecule has 1 heterocycles. The lowest BCUT2D eigenvalue weighted by Crippen LogP contribution is -2.45. The van der Waals surface area contributed by atoms with Crippen LogP contribution in [0, 0.1) is 11.3 Å². The van der Waals surface area contributed by atoms with Gasteiger partial charge >= 0.3 is 0 Å². The molecule has 0 aliphatic heterocycles. The van der Waals surface area contributed by atoms with E-state index in [4.69, 9.17) is 23.1 Å². The summed E-state index contributed by atoms with van der Waals surface area (Å²) in [6.07, 6.45) is 5.47. The first-order chi connectivity index (χ1) is 12.5. The summed E-state index contributed by atoms with van der Waals surface area (Å²) in [5.74, 6) is 1.17. The Labute approximate surface area is 171 Å². The highest BCUT2D eigenvalue weighted by Gasteiger charge is 2.43. The number of aliphatic hydroxyl groups excluding tert-OH is 1. The number of benzene rings is 1. The fourth-order valence-electron chi connectivity index (χ4n) is 3.80. The highest BCUT2D eigenvalue weighted by atomic mass is 35.5. The van der Waals surface area contributed by atoms with Gasteiger partial charge in [-0.2, -0.15) is 9.97 Å². The second kappa shape index (κ2) is 9.44. The molecule has 0 amide bonds. The molecule has 0 radical (unpaired) electrons. The first kappa shape index (κ1) is 21.5. The van der Waals surface area contributed by atoms with Crippen LogP contribution in [0.15, 0.2) is 30.3 Å². The van der Waals surface area contributed by atoms with Gasteiger partial charge < -0.3 is 21.9 Å². The Balaban J connectivity index is 0.00000261. The number of hydrogen-bond donors (Lipinski definition) is 4. The number of rotatable bonds is 8. The topological polar surface area (TPSA) is 110 Å². The minimum Gasteiger partial charge on any atom is -0.396 e. The van der Waals surface area contributed by atoms with E-state index < -0.39 is 0 Å². The molecule has 1 saturated carbocycles. The Kier molecular flexibility index (Phi) is 7.53. The molecule has 0 spiro atoms. The van der Waals surface area contributed by atoms with Crippen LogP contribution in [-0.4, -0.2) is 28.2 Å². The summed E-state index contributed by atoms with van der Waals surface area (Å²) in [5.41, 5.74) is 13.1. The second-order valence-corrected chi connectivity index (χ2v) is 7.66. The number of nitrogens with two attached hydrogens (primary N) is 2. The lowest BCUT2D eigenvalue weighted by atomic mass is 9.61. The van der Waals surface area contributed by atoms with Crippen molar-refractivity contribution in [2.24, 2.45) is 11.3 Å². The minimum atomic E-state index is -0.129. The summed E-state index contributed by atoms with van der Waals surface area (Å²) in [7, 11) is 0. The predicted molar refractivity (Wildman–Crippen MR) is 113 cm³/mol. The number of halogens is 2. The molecule has 2 aromatic rings. The molecule has 8 heteroatoms. The average molecular weight is 412 g/mol. The van der Waals surface area contributed by atoms with Crippen molar-refractivity contribution in [3.63, 3.8) is 0 Å². The second-order valence-electron chi connectivity index (χ2n) is 7.30. The molecule has 6 N–H and O–H groups in total. The summed E-state index contributed by atoms with van der Waals surface area (Å²) >= 11 is 5.94. The van der Waals surface area contributed by atoms with Gasteiger partial charge in [-0.05, 0) is 37.2 Å². The Bertz CT molecular complexity index is 738. The van der Waals surface area contributed by atoms with Crippen LogP contribution in [-0.2, 0) is 6.42 Å². The standard InChI is InChI=1S/C19H26ClN5O.ClH/c20-16-15(21)17(25-18(22)24-16)23-11-19(12-26)9-14(10-19)8-4-7-13-5-2-1-3-6-13;/h1-3,5-6,14,26H,4,7-12,21H2,(H3,22,23,24,25);1H. The maximum absolute atomic E-state index is 9.86. The van der Waals surface area contributed by atoms with Crippen molar-refractivity contribution < 1.29 is 5.11 Å². The van der Waals surface area contributed by atoms with E-state index in [1.165, 1.54) is 18.4 Å². The molecule has 27 heavy (non-hydrogen) atoms. The van der Waals surface area contributed by atoms with Crippen molar-refractivity contribution >= 4 is 41.5 Å². The molecule has 3 rings (SSSR count). The lowest BCUT2D eigenvalue weighted by Gasteiger charge is -2.47. The number of aliphatic hydroxyl groups is 1. The normalized spacial score (nSPS) is 21.2. The Morgan fingerprint density at radius 1 is 1.19 bits per heavy atom. The van der Waals surface area contributed by atoms with Crippen LogP contribution in [0.2, 0.25) is 5.15 Å². The molecule has 1 aliphatic carbocycles. The van der Waals surface area contributed by atoms with E-state index in [1.807, 2.05) is 6.07 Å². The fourth-order valence-corrected chi connectivity index (χ4v) is 3.98. The number of aryl methyl sites for hydroxylation is 1. The van der Waals surface area contributed by atoms with Crippen molar-refractivity contribution in [1.82, 2.24) is 9.97 Å². The maximum atomic E-state index is 9.86. The summed E-state index contributed by atoms with van der Waals surface area (Å²) in [6, 6.07) is 10.6. The number of aromatic nitrogens is 2. The minimum absolute atomic E-state index is 0. The molecule has 1 aromatic heterocycles. The van der Waals surface area contributed by atoms with Crippen LogP contribution in [0.25, 0.3) is 0 Å². The molecule has 148 valence electrons. The van der Waals surface area contributed by atoms with Crippen LogP contribution in [0.4, 0.5) is 17.5 Å². The molecule has 0 saturated heterocycles. The van der Waals surface area contributed by atoms with Crippen molar-refractivity contribution in [3.05, 3.63) is 41.0 Å². The molecule has 1 aliphatic rings.